The number of hydrogen-bond donors (Lipinski definition) is 2. The van der Waals surface area contributed by atoms with Crippen LogP contribution in [-0.4, -0.2) is 48.7 Å². The highest BCUT2D eigenvalue weighted by atomic mass is 16.4. The number of hydrogen-bond acceptors (Lipinski definition) is 3. The number of likely N-dealkylation sites (N-methyl/N-ethyl adjacent to an activating group) is 1. The molecular weight excluding hydrogens is 180 g/mol. The second kappa shape index (κ2) is 5.32. The Morgan fingerprint density at radius 1 is 1.71 bits per heavy atom. The van der Waals surface area contributed by atoms with Crippen molar-refractivity contribution in [2.24, 2.45) is 5.92 Å². The van der Waals surface area contributed by atoms with Crippen molar-refractivity contribution in [1.29, 1.82) is 0 Å². The van der Waals surface area contributed by atoms with E-state index in [1.165, 1.54) is 0 Å². The largest absolute Gasteiger partial charge is 0.480 e. The molecule has 1 aliphatic rings. The monoisotopic (exact) mass is 200 g/mol. The molecule has 0 saturated carbocycles. The van der Waals surface area contributed by atoms with Gasteiger partial charge in [0.05, 0.1) is 0 Å². The zero-order chi connectivity index (χ0) is 10.6. The first-order valence-corrected chi connectivity index (χ1v) is 5.31. The normalized spacial score (nSPS) is 26.0. The van der Waals surface area contributed by atoms with E-state index in [9.17, 15) is 4.79 Å². The SMILES string of the molecule is CCN1CCCC(C(NC)C(=O)O)C1. The van der Waals surface area contributed by atoms with Crippen LogP contribution in [-0.2, 0) is 4.79 Å². The lowest BCUT2D eigenvalue weighted by Crippen LogP contribution is -2.48. The second-order valence-corrected chi connectivity index (χ2v) is 3.90. The third kappa shape index (κ3) is 2.69. The van der Waals surface area contributed by atoms with Crippen molar-refractivity contribution in [3.05, 3.63) is 0 Å². The van der Waals surface area contributed by atoms with Crippen LogP contribution in [0.3, 0.4) is 0 Å². The molecule has 0 bridgehead atoms. The zero-order valence-corrected chi connectivity index (χ0v) is 8.99. The van der Waals surface area contributed by atoms with Crippen LogP contribution in [0.2, 0.25) is 0 Å². The Labute approximate surface area is 85.3 Å². The van der Waals surface area contributed by atoms with E-state index in [1.54, 1.807) is 7.05 Å². The highest BCUT2D eigenvalue weighted by Gasteiger charge is 2.30. The fraction of sp³-hybridized carbons (Fsp3) is 0.900. The Morgan fingerprint density at radius 2 is 2.43 bits per heavy atom. The van der Waals surface area contributed by atoms with Crippen LogP contribution in [0.5, 0.6) is 0 Å². The maximum Gasteiger partial charge on any atom is 0.321 e. The molecule has 1 fully saturated rings. The Balaban J connectivity index is 2.53. The number of carboxylic acids is 1. The fourth-order valence-electron chi connectivity index (χ4n) is 2.21. The van der Waals surface area contributed by atoms with Crippen molar-refractivity contribution >= 4 is 5.97 Å². The molecule has 2 atom stereocenters. The zero-order valence-electron chi connectivity index (χ0n) is 8.99. The van der Waals surface area contributed by atoms with Gasteiger partial charge in [-0.15, -0.1) is 0 Å². The quantitative estimate of drug-likeness (QED) is 0.689. The molecule has 0 radical (unpaired) electrons. The third-order valence-corrected chi connectivity index (χ3v) is 3.04. The molecule has 2 N–H and O–H groups in total. The molecule has 1 heterocycles. The molecule has 1 aliphatic heterocycles. The summed E-state index contributed by atoms with van der Waals surface area (Å²) >= 11 is 0. The molecule has 2 unspecified atom stereocenters. The molecule has 0 aromatic carbocycles. The Kier molecular flexibility index (Phi) is 4.35. The summed E-state index contributed by atoms with van der Waals surface area (Å²) in [4.78, 5) is 13.3. The number of nitrogens with one attached hydrogen (secondary N) is 1. The smallest absolute Gasteiger partial charge is 0.321 e. The summed E-state index contributed by atoms with van der Waals surface area (Å²) in [6, 6.07) is -0.385. The molecule has 0 spiro atoms. The Bertz CT molecular complexity index is 197. The maximum atomic E-state index is 10.9. The van der Waals surface area contributed by atoms with E-state index in [4.69, 9.17) is 5.11 Å². The summed E-state index contributed by atoms with van der Waals surface area (Å²) in [5, 5.41) is 11.9. The van der Waals surface area contributed by atoms with Crippen molar-refractivity contribution in [3.63, 3.8) is 0 Å². The minimum atomic E-state index is -0.726. The van der Waals surface area contributed by atoms with Gasteiger partial charge in [0.1, 0.15) is 6.04 Å². The fourth-order valence-corrected chi connectivity index (χ4v) is 2.21. The van der Waals surface area contributed by atoms with Crippen molar-refractivity contribution in [1.82, 2.24) is 10.2 Å². The molecule has 82 valence electrons. The van der Waals surface area contributed by atoms with Gasteiger partial charge in [-0.25, -0.2) is 0 Å². The summed E-state index contributed by atoms with van der Waals surface area (Å²) < 4.78 is 0. The van der Waals surface area contributed by atoms with Gasteiger partial charge in [0.2, 0.25) is 0 Å². The van der Waals surface area contributed by atoms with Crippen LogP contribution < -0.4 is 5.32 Å². The standard InChI is InChI=1S/C10H20N2O2/c1-3-12-6-4-5-8(7-12)9(11-2)10(13)14/h8-9,11H,3-7H2,1-2H3,(H,13,14). The van der Waals surface area contributed by atoms with E-state index in [-0.39, 0.29) is 12.0 Å². The molecule has 0 amide bonds. The molecule has 1 rings (SSSR count). The van der Waals surface area contributed by atoms with Crippen LogP contribution in [0.4, 0.5) is 0 Å². The first-order valence-electron chi connectivity index (χ1n) is 5.31. The van der Waals surface area contributed by atoms with Crippen molar-refractivity contribution in [2.45, 2.75) is 25.8 Å². The first kappa shape index (κ1) is 11.5. The minimum absolute atomic E-state index is 0.256. The molecular formula is C10H20N2O2. The number of likely N-dealkylation sites (tertiary alicyclic amines) is 1. The number of carbonyl (C=O) groups is 1. The highest BCUT2D eigenvalue weighted by Crippen LogP contribution is 2.19. The molecule has 4 nitrogen and oxygen atoms in total. The van der Waals surface area contributed by atoms with Gasteiger partial charge in [-0.1, -0.05) is 6.92 Å². The molecule has 0 aromatic rings. The maximum absolute atomic E-state index is 10.9. The summed E-state index contributed by atoms with van der Waals surface area (Å²) in [7, 11) is 1.73. The van der Waals surface area contributed by atoms with Gasteiger partial charge in [-0.3, -0.25) is 4.79 Å². The lowest BCUT2D eigenvalue weighted by molar-refractivity contribution is -0.141. The van der Waals surface area contributed by atoms with Gasteiger partial charge >= 0.3 is 5.97 Å². The number of carboxylic acid groups (broad SMARTS) is 1. The topological polar surface area (TPSA) is 52.6 Å². The Morgan fingerprint density at radius 3 is 2.93 bits per heavy atom. The number of aliphatic carboxylic acids is 1. The molecule has 4 heteroatoms. The predicted molar refractivity (Wildman–Crippen MR) is 55.3 cm³/mol. The van der Waals surface area contributed by atoms with E-state index >= 15 is 0 Å². The first-order chi connectivity index (χ1) is 6.69. The second-order valence-electron chi connectivity index (χ2n) is 3.90. The summed E-state index contributed by atoms with van der Waals surface area (Å²) in [6.45, 7) is 5.17. The minimum Gasteiger partial charge on any atom is -0.480 e. The molecule has 0 aliphatic carbocycles. The summed E-state index contributed by atoms with van der Waals surface area (Å²) in [5.74, 6) is -0.471. The van der Waals surface area contributed by atoms with Crippen LogP contribution >= 0.6 is 0 Å². The average Bonchev–Trinajstić information content (AvgIpc) is 2.19. The van der Waals surface area contributed by atoms with Crippen LogP contribution in [0.15, 0.2) is 0 Å². The van der Waals surface area contributed by atoms with Crippen LogP contribution in [0.25, 0.3) is 0 Å². The van der Waals surface area contributed by atoms with E-state index in [0.29, 0.717) is 0 Å². The van der Waals surface area contributed by atoms with Crippen molar-refractivity contribution in [2.75, 3.05) is 26.7 Å². The van der Waals surface area contributed by atoms with Crippen molar-refractivity contribution < 1.29 is 9.90 Å². The van der Waals surface area contributed by atoms with Gasteiger partial charge in [0, 0.05) is 6.54 Å². The molecule has 14 heavy (non-hydrogen) atoms. The van der Waals surface area contributed by atoms with E-state index in [1.807, 2.05) is 0 Å². The third-order valence-electron chi connectivity index (χ3n) is 3.04. The van der Waals surface area contributed by atoms with Crippen LogP contribution in [0, 0.1) is 5.92 Å². The lowest BCUT2D eigenvalue weighted by atomic mass is 9.91. The van der Waals surface area contributed by atoms with E-state index < -0.39 is 5.97 Å². The van der Waals surface area contributed by atoms with Crippen molar-refractivity contribution in [3.8, 4) is 0 Å². The molecule has 1 saturated heterocycles. The van der Waals surface area contributed by atoms with Crippen LogP contribution in [0.1, 0.15) is 19.8 Å². The van der Waals surface area contributed by atoms with Gasteiger partial charge in [0.25, 0.3) is 0 Å². The number of piperidine rings is 1. The van der Waals surface area contributed by atoms with E-state index in [0.717, 1.165) is 32.5 Å². The van der Waals surface area contributed by atoms with Gasteiger partial charge < -0.3 is 15.3 Å². The molecule has 0 aromatic heterocycles. The average molecular weight is 200 g/mol. The lowest BCUT2D eigenvalue weighted by Gasteiger charge is -2.34. The highest BCUT2D eigenvalue weighted by molar-refractivity contribution is 5.73. The van der Waals surface area contributed by atoms with E-state index in [2.05, 4.69) is 17.1 Å². The predicted octanol–water partition coefficient (Wildman–Crippen LogP) is 0.391. The summed E-state index contributed by atoms with van der Waals surface area (Å²) in [6.07, 6.45) is 2.14. The Hall–Kier alpha value is -0.610. The number of nitrogens with zero attached hydrogens (tertiary/aromatic N) is 1. The number of rotatable bonds is 4. The van der Waals surface area contributed by atoms with Gasteiger partial charge in [-0.05, 0) is 38.9 Å². The van der Waals surface area contributed by atoms with Gasteiger partial charge in [-0.2, -0.15) is 0 Å². The summed E-state index contributed by atoms with van der Waals surface area (Å²) in [5.41, 5.74) is 0. The van der Waals surface area contributed by atoms with Gasteiger partial charge in [0.15, 0.2) is 0 Å².